The van der Waals surface area contributed by atoms with Crippen molar-refractivity contribution in [3.05, 3.63) is 53.9 Å². The Morgan fingerprint density at radius 1 is 1.08 bits per heavy atom. The van der Waals surface area contributed by atoms with E-state index in [-0.39, 0.29) is 0 Å². The van der Waals surface area contributed by atoms with Gasteiger partial charge in [-0.15, -0.1) is 11.6 Å². The van der Waals surface area contributed by atoms with Crippen molar-refractivity contribution in [3.63, 3.8) is 0 Å². The highest BCUT2D eigenvalue weighted by atomic mass is 35.5. The quantitative estimate of drug-likeness (QED) is 0.446. The predicted octanol–water partition coefficient (Wildman–Crippen LogP) is 5.01. The van der Waals surface area contributed by atoms with Gasteiger partial charge in [-0.05, 0) is 42.3 Å². The van der Waals surface area contributed by atoms with Crippen molar-refractivity contribution in [2.45, 2.75) is 6.42 Å². The van der Waals surface area contributed by atoms with Crippen molar-refractivity contribution in [1.82, 2.24) is 4.98 Å². The lowest BCUT2D eigenvalue weighted by Crippen LogP contribution is -1.97. The molecule has 0 unspecified atom stereocenters. The third kappa shape index (κ3) is 4.09. The first kappa shape index (κ1) is 16.4. The van der Waals surface area contributed by atoms with Gasteiger partial charge in [0.25, 0.3) is 0 Å². The molecule has 5 heteroatoms. The lowest BCUT2D eigenvalue weighted by Gasteiger charge is -2.04. The fraction of sp³-hybridized carbons (Fsp3) is 0.211. The van der Waals surface area contributed by atoms with E-state index in [0.717, 1.165) is 29.0 Å². The molecule has 3 rings (SSSR count). The number of oxazole rings is 1. The maximum Gasteiger partial charge on any atom is 0.220 e. The maximum absolute atomic E-state index is 5.71. The SMILES string of the molecule is COc1ccc2nc(/C=C/c3ccc(OCCCCl)cc3)oc2c1. The summed E-state index contributed by atoms with van der Waals surface area (Å²) < 4.78 is 16.5. The predicted molar refractivity (Wildman–Crippen MR) is 96.8 cm³/mol. The van der Waals surface area contributed by atoms with Crippen LogP contribution >= 0.6 is 11.6 Å². The summed E-state index contributed by atoms with van der Waals surface area (Å²) in [4.78, 5) is 4.42. The summed E-state index contributed by atoms with van der Waals surface area (Å²) in [6.07, 6.45) is 4.63. The molecular weight excluding hydrogens is 326 g/mol. The minimum Gasteiger partial charge on any atom is -0.497 e. The van der Waals surface area contributed by atoms with Crippen LogP contribution in [0, 0.1) is 0 Å². The largest absolute Gasteiger partial charge is 0.497 e. The van der Waals surface area contributed by atoms with Crippen LogP contribution in [0.5, 0.6) is 11.5 Å². The summed E-state index contributed by atoms with van der Waals surface area (Å²) in [5.41, 5.74) is 2.55. The number of rotatable bonds is 7. The fourth-order valence-corrected chi connectivity index (χ4v) is 2.32. The topological polar surface area (TPSA) is 44.5 Å². The van der Waals surface area contributed by atoms with E-state index < -0.39 is 0 Å². The van der Waals surface area contributed by atoms with E-state index in [1.54, 1.807) is 7.11 Å². The van der Waals surface area contributed by atoms with Gasteiger partial charge in [-0.2, -0.15) is 0 Å². The van der Waals surface area contributed by atoms with Gasteiger partial charge < -0.3 is 13.9 Å². The van der Waals surface area contributed by atoms with Crippen LogP contribution in [-0.2, 0) is 0 Å². The number of fused-ring (bicyclic) bond motifs is 1. The van der Waals surface area contributed by atoms with Crippen LogP contribution in [0.4, 0.5) is 0 Å². The second kappa shape index (κ2) is 7.88. The molecule has 0 aliphatic rings. The molecule has 3 aromatic rings. The van der Waals surface area contributed by atoms with Gasteiger partial charge in [0, 0.05) is 18.0 Å². The highest BCUT2D eigenvalue weighted by molar-refractivity contribution is 6.17. The fourth-order valence-electron chi connectivity index (χ4n) is 2.21. The molecule has 0 saturated heterocycles. The lowest BCUT2D eigenvalue weighted by atomic mass is 10.2. The van der Waals surface area contributed by atoms with Gasteiger partial charge in [0.1, 0.15) is 17.0 Å². The Labute approximate surface area is 145 Å². The average Bonchev–Trinajstić information content (AvgIpc) is 3.03. The van der Waals surface area contributed by atoms with Crippen molar-refractivity contribution in [2.24, 2.45) is 0 Å². The Balaban J connectivity index is 1.68. The van der Waals surface area contributed by atoms with Crippen LogP contribution in [0.3, 0.4) is 0 Å². The Kier molecular flexibility index (Phi) is 5.39. The van der Waals surface area contributed by atoms with E-state index in [4.69, 9.17) is 25.5 Å². The number of alkyl halides is 1. The smallest absolute Gasteiger partial charge is 0.220 e. The molecule has 0 bridgehead atoms. The number of halogens is 1. The van der Waals surface area contributed by atoms with Crippen molar-refractivity contribution < 1.29 is 13.9 Å². The number of methoxy groups -OCH3 is 1. The number of benzene rings is 2. The average molecular weight is 344 g/mol. The van der Waals surface area contributed by atoms with E-state index in [1.807, 2.05) is 54.6 Å². The van der Waals surface area contributed by atoms with Crippen LogP contribution in [0.1, 0.15) is 17.9 Å². The van der Waals surface area contributed by atoms with Gasteiger partial charge in [0.15, 0.2) is 5.58 Å². The zero-order valence-electron chi connectivity index (χ0n) is 13.4. The lowest BCUT2D eigenvalue weighted by molar-refractivity contribution is 0.318. The third-order valence-corrected chi connectivity index (χ3v) is 3.72. The van der Waals surface area contributed by atoms with Crippen LogP contribution in [0.25, 0.3) is 23.3 Å². The van der Waals surface area contributed by atoms with Gasteiger partial charge in [-0.25, -0.2) is 4.98 Å². The number of hydrogen-bond donors (Lipinski definition) is 0. The van der Waals surface area contributed by atoms with Gasteiger partial charge in [-0.1, -0.05) is 12.1 Å². The molecular formula is C19H18ClNO3. The van der Waals surface area contributed by atoms with Crippen molar-refractivity contribution in [2.75, 3.05) is 19.6 Å². The molecule has 24 heavy (non-hydrogen) atoms. The summed E-state index contributed by atoms with van der Waals surface area (Å²) in [5, 5.41) is 0. The molecule has 4 nitrogen and oxygen atoms in total. The summed E-state index contributed by atoms with van der Waals surface area (Å²) in [6.45, 7) is 0.630. The molecule has 2 aromatic carbocycles. The normalized spacial score (nSPS) is 11.2. The van der Waals surface area contributed by atoms with Crippen molar-refractivity contribution >= 4 is 34.9 Å². The highest BCUT2D eigenvalue weighted by Crippen LogP contribution is 2.22. The van der Waals surface area contributed by atoms with Gasteiger partial charge in [-0.3, -0.25) is 0 Å². The van der Waals surface area contributed by atoms with E-state index in [2.05, 4.69) is 4.98 Å². The molecule has 0 saturated carbocycles. The maximum atomic E-state index is 5.71. The van der Waals surface area contributed by atoms with E-state index >= 15 is 0 Å². The van der Waals surface area contributed by atoms with Crippen molar-refractivity contribution in [1.29, 1.82) is 0 Å². The molecule has 0 aliphatic heterocycles. The van der Waals surface area contributed by atoms with E-state index in [1.165, 1.54) is 0 Å². The first-order valence-corrected chi connectivity index (χ1v) is 8.23. The Hall–Kier alpha value is -2.46. The van der Waals surface area contributed by atoms with Crippen molar-refractivity contribution in [3.8, 4) is 11.5 Å². The number of hydrogen-bond acceptors (Lipinski definition) is 4. The summed E-state index contributed by atoms with van der Waals surface area (Å²) >= 11 is 5.63. The number of nitrogens with zero attached hydrogens (tertiary/aromatic N) is 1. The summed E-state index contributed by atoms with van der Waals surface area (Å²) in [6, 6.07) is 13.4. The molecule has 0 N–H and O–H groups in total. The first-order chi connectivity index (χ1) is 11.8. The number of ether oxygens (including phenoxy) is 2. The number of aromatic nitrogens is 1. The molecule has 0 atom stereocenters. The van der Waals surface area contributed by atoms with Gasteiger partial charge in [0.2, 0.25) is 5.89 Å². The minimum absolute atomic E-state index is 0.556. The van der Waals surface area contributed by atoms with Crippen LogP contribution in [-0.4, -0.2) is 24.6 Å². The monoisotopic (exact) mass is 343 g/mol. The second-order valence-electron chi connectivity index (χ2n) is 5.18. The molecule has 1 aromatic heterocycles. The summed E-state index contributed by atoms with van der Waals surface area (Å²) in [5.74, 6) is 2.75. The Bertz CT molecular complexity index is 824. The van der Waals surface area contributed by atoms with Crippen LogP contribution in [0.2, 0.25) is 0 Å². The van der Waals surface area contributed by atoms with Gasteiger partial charge in [0.05, 0.1) is 13.7 Å². The standard InChI is InChI=1S/C19H18ClNO3/c1-22-16-8-9-17-18(13-16)24-19(21-17)10-5-14-3-6-15(7-4-14)23-12-2-11-20/h3-10,13H,2,11-12H2,1H3/b10-5+. The second-order valence-corrected chi connectivity index (χ2v) is 5.56. The molecule has 0 radical (unpaired) electrons. The molecule has 0 spiro atoms. The Morgan fingerprint density at radius 3 is 2.62 bits per heavy atom. The third-order valence-electron chi connectivity index (χ3n) is 3.46. The highest BCUT2D eigenvalue weighted by Gasteiger charge is 2.04. The molecule has 124 valence electrons. The summed E-state index contributed by atoms with van der Waals surface area (Å²) in [7, 11) is 1.63. The zero-order valence-corrected chi connectivity index (χ0v) is 14.1. The van der Waals surface area contributed by atoms with Crippen LogP contribution < -0.4 is 9.47 Å². The van der Waals surface area contributed by atoms with E-state index in [9.17, 15) is 0 Å². The minimum atomic E-state index is 0.556. The Morgan fingerprint density at radius 2 is 1.88 bits per heavy atom. The first-order valence-electron chi connectivity index (χ1n) is 7.70. The zero-order chi connectivity index (χ0) is 16.8. The van der Waals surface area contributed by atoms with Crippen LogP contribution in [0.15, 0.2) is 46.9 Å². The molecule has 0 aliphatic carbocycles. The molecule has 0 amide bonds. The van der Waals surface area contributed by atoms with E-state index in [0.29, 0.717) is 24.0 Å². The molecule has 0 fully saturated rings. The molecule has 1 heterocycles. The van der Waals surface area contributed by atoms with Gasteiger partial charge >= 0.3 is 0 Å².